The summed E-state index contributed by atoms with van der Waals surface area (Å²) >= 11 is 0. The zero-order valence-corrected chi connectivity index (χ0v) is 12.3. The Morgan fingerprint density at radius 2 is 1.95 bits per heavy atom. The van der Waals surface area contributed by atoms with Crippen molar-refractivity contribution >= 4 is 0 Å². The fourth-order valence-electron chi connectivity index (χ4n) is 3.28. The Kier molecular flexibility index (Phi) is 5.71. The minimum absolute atomic E-state index is 0.434. The minimum Gasteiger partial charge on any atom is -0.496 e. The van der Waals surface area contributed by atoms with Gasteiger partial charge < -0.3 is 10.1 Å². The van der Waals surface area contributed by atoms with Crippen LogP contribution in [0.5, 0.6) is 5.75 Å². The SMILES string of the molecule is CCNC(CC1CCCCC1)c1ccccc1OC. The van der Waals surface area contributed by atoms with Gasteiger partial charge >= 0.3 is 0 Å². The van der Waals surface area contributed by atoms with Gasteiger partial charge in [0.05, 0.1) is 7.11 Å². The van der Waals surface area contributed by atoms with Crippen LogP contribution in [0.1, 0.15) is 57.1 Å². The first-order chi connectivity index (χ1) is 9.35. The summed E-state index contributed by atoms with van der Waals surface area (Å²) < 4.78 is 5.52. The van der Waals surface area contributed by atoms with Gasteiger partial charge in [-0.3, -0.25) is 0 Å². The molecule has 1 saturated carbocycles. The second-order valence-electron chi connectivity index (χ2n) is 5.59. The molecule has 1 N–H and O–H groups in total. The molecule has 0 radical (unpaired) electrons. The molecule has 2 nitrogen and oxygen atoms in total. The molecule has 19 heavy (non-hydrogen) atoms. The maximum Gasteiger partial charge on any atom is 0.123 e. The van der Waals surface area contributed by atoms with E-state index in [1.165, 1.54) is 44.1 Å². The summed E-state index contributed by atoms with van der Waals surface area (Å²) in [4.78, 5) is 0. The quantitative estimate of drug-likeness (QED) is 0.823. The smallest absolute Gasteiger partial charge is 0.123 e. The number of methoxy groups -OCH3 is 1. The zero-order chi connectivity index (χ0) is 13.5. The highest BCUT2D eigenvalue weighted by Gasteiger charge is 2.21. The van der Waals surface area contributed by atoms with Gasteiger partial charge in [0.25, 0.3) is 0 Å². The molecular formula is C17H27NO. The van der Waals surface area contributed by atoms with Crippen LogP contribution >= 0.6 is 0 Å². The summed E-state index contributed by atoms with van der Waals surface area (Å²) in [7, 11) is 1.77. The summed E-state index contributed by atoms with van der Waals surface area (Å²) in [5.74, 6) is 1.90. The van der Waals surface area contributed by atoms with Crippen molar-refractivity contribution in [1.82, 2.24) is 5.32 Å². The summed E-state index contributed by atoms with van der Waals surface area (Å²) in [5, 5.41) is 3.64. The van der Waals surface area contributed by atoms with Gasteiger partial charge in [-0.15, -0.1) is 0 Å². The van der Waals surface area contributed by atoms with E-state index in [1.54, 1.807) is 7.11 Å². The summed E-state index contributed by atoms with van der Waals surface area (Å²) in [6.07, 6.45) is 8.30. The van der Waals surface area contributed by atoms with Crippen molar-refractivity contribution in [2.24, 2.45) is 5.92 Å². The molecule has 0 aliphatic heterocycles. The molecule has 1 aliphatic rings. The predicted molar refractivity (Wildman–Crippen MR) is 80.6 cm³/mol. The molecule has 1 atom stereocenters. The van der Waals surface area contributed by atoms with E-state index in [9.17, 15) is 0 Å². The monoisotopic (exact) mass is 261 g/mol. The second kappa shape index (κ2) is 7.54. The number of nitrogens with one attached hydrogen (secondary N) is 1. The van der Waals surface area contributed by atoms with Gasteiger partial charge in [-0.25, -0.2) is 0 Å². The second-order valence-corrected chi connectivity index (χ2v) is 5.59. The molecule has 0 spiro atoms. The van der Waals surface area contributed by atoms with Crippen LogP contribution in [0.2, 0.25) is 0 Å². The molecule has 0 amide bonds. The Hall–Kier alpha value is -1.02. The van der Waals surface area contributed by atoms with E-state index in [4.69, 9.17) is 4.74 Å². The molecule has 0 aromatic heterocycles. The highest BCUT2D eigenvalue weighted by Crippen LogP contribution is 2.34. The van der Waals surface area contributed by atoms with Crippen molar-refractivity contribution in [3.8, 4) is 5.75 Å². The van der Waals surface area contributed by atoms with Gasteiger partial charge in [0.2, 0.25) is 0 Å². The highest BCUT2D eigenvalue weighted by atomic mass is 16.5. The van der Waals surface area contributed by atoms with Crippen molar-refractivity contribution in [3.05, 3.63) is 29.8 Å². The molecule has 0 heterocycles. The number of rotatable bonds is 6. The molecule has 1 aromatic rings. The molecule has 106 valence electrons. The van der Waals surface area contributed by atoms with Crippen LogP contribution in [0.25, 0.3) is 0 Å². The zero-order valence-electron chi connectivity index (χ0n) is 12.3. The average Bonchev–Trinajstić information content (AvgIpc) is 2.48. The van der Waals surface area contributed by atoms with Gasteiger partial charge in [0.1, 0.15) is 5.75 Å². The lowest BCUT2D eigenvalue weighted by atomic mass is 9.83. The largest absolute Gasteiger partial charge is 0.496 e. The average molecular weight is 261 g/mol. The third-order valence-corrected chi connectivity index (χ3v) is 4.26. The van der Waals surface area contributed by atoms with Gasteiger partial charge in [-0.1, -0.05) is 57.2 Å². The Bertz CT molecular complexity index is 371. The van der Waals surface area contributed by atoms with E-state index in [2.05, 4.69) is 30.4 Å². The van der Waals surface area contributed by atoms with E-state index in [0.717, 1.165) is 18.2 Å². The molecular weight excluding hydrogens is 234 g/mol. The van der Waals surface area contributed by atoms with Gasteiger partial charge in [-0.2, -0.15) is 0 Å². The first-order valence-corrected chi connectivity index (χ1v) is 7.71. The number of hydrogen-bond donors (Lipinski definition) is 1. The number of para-hydroxylation sites is 1. The summed E-state index contributed by atoms with van der Waals surface area (Å²) in [6.45, 7) is 3.19. The van der Waals surface area contributed by atoms with Crippen LogP contribution in [0.15, 0.2) is 24.3 Å². The number of benzene rings is 1. The van der Waals surface area contributed by atoms with Crippen molar-refractivity contribution in [1.29, 1.82) is 0 Å². The Morgan fingerprint density at radius 3 is 2.63 bits per heavy atom. The van der Waals surface area contributed by atoms with Gasteiger partial charge in [0.15, 0.2) is 0 Å². The van der Waals surface area contributed by atoms with Crippen molar-refractivity contribution in [2.75, 3.05) is 13.7 Å². The minimum atomic E-state index is 0.434. The van der Waals surface area contributed by atoms with Crippen LogP contribution in [0.4, 0.5) is 0 Å². The molecule has 0 saturated heterocycles. The normalized spacial score (nSPS) is 18.2. The standard InChI is InChI=1S/C17H27NO/c1-3-18-16(13-14-9-5-4-6-10-14)15-11-7-8-12-17(15)19-2/h7-8,11-12,14,16,18H,3-6,9-10,13H2,1-2H3. The van der Waals surface area contributed by atoms with Crippen molar-refractivity contribution < 1.29 is 4.74 Å². The van der Waals surface area contributed by atoms with E-state index in [1.807, 2.05) is 6.07 Å². The fraction of sp³-hybridized carbons (Fsp3) is 0.647. The lowest BCUT2D eigenvalue weighted by molar-refractivity contribution is 0.297. The van der Waals surface area contributed by atoms with Crippen LogP contribution in [-0.4, -0.2) is 13.7 Å². The first-order valence-electron chi connectivity index (χ1n) is 7.71. The summed E-state index contributed by atoms with van der Waals surface area (Å²) in [6, 6.07) is 8.87. The number of hydrogen-bond acceptors (Lipinski definition) is 2. The third kappa shape index (κ3) is 3.97. The van der Waals surface area contributed by atoms with E-state index < -0.39 is 0 Å². The lowest BCUT2D eigenvalue weighted by Crippen LogP contribution is -2.24. The van der Waals surface area contributed by atoms with Crippen LogP contribution in [-0.2, 0) is 0 Å². The molecule has 1 unspecified atom stereocenters. The first kappa shape index (κ1) is 14.4. The van der Waals surface area contributed by atoms with Crippen LogP contribution < -0.4 is 10.1 Å². The maximum absolute atomic E-state index is 5.52. The Balaban J connectivity index is 2.09. The van der Waals surface area contributed by atoms with Gasteiger partial charge in [-0.05, 0) is 24.9 Å². The van der Waals surface area contributed by atoms with E-state index in [-0.39, 0.29) is 0 Å². The third-order valence-electron chi connectivity index (χ3n) is 4.26. The lowest BCUT2D eigenvalue weighted by Gasteiger charge is -2.28. The van der Waals surface area contributed by atoms with Crippen molar-refractivity contribution in [2.45, 2.75) is 51.5 Å². The van der Waals surface area contributed by atoms with Crippen molar-refractivity contribution in [3.63, 3.8) is 0 Å². The molecule has 2 rings (SSSR count). The molecule has 2 heteroatoms. The Labute approximate surface area is 117 Å². The molecule has 1 aromatic carbocycles. The molecule has 1 fully saturated rings. The fourth-order valence-corrected chi connectivity index (χ4v) is 3.28. The van der Waals surface area contributed by atoms with Gasteiger partial charge in [0, 0.05) is 11.6 Å². The van der Waals surface area contributed by atoms with E-state index in [0.29, 0.717) is 6.04 Å². The number of ether oxygens (including phenoxy) is 1. The molecule has 0 bridgehead atoms. The predicted octanol–water partition coefficient (Wildman–Crippen LogP) is 4.32. The molecule has 1 aliphatic carbocycles. The topological polar surface area (TPSA) is 21.3 Å². The Morgan fingerprint density at radius 1 is 1.21 bits per heavy atom. The maximum atomic E-state index is 5.52. The van der Waals surface area contributed by atoms with Crippen LogP contribution in [0.3, 0.4) is 0 Å². The van der Waals surface area contributed by atoms with E-state index >= 15 is 0 Å². The van der Waals surface area contributed by atoms with Crippen LogP contribution in [0, 0.1) is 5.92 Å². The summed E-state index contributed by atoms with van der Waals surface area (Å²) in [5.41, 5.74) is 1.32. The highest BCUT2D eigenvalue weighted by molar-refractivity contribution is 5.35.